The van der Waals surface area contributed by atoms with Crippen LogP contribution < -0.4 is 5.32 Å². The third-order valence-electron chi connectivity index (χ3n) is 4.78. The number of Topliss-reactive ketones (excluding diaryl/α,β-unsaturated/α-hetero) is 1. The maximum Gasteiger partial charge on any atom is 0.269 e. The lowest BCUT2D eigenvalue weighted by molar-refractivity contribution is 0.0953. The maximum absolute atomic E-state index is 12.6. The summed E-state index contributed by atoms with van der Waals surface area (Å²) >= 11 is 0. The van der Waals surface area contributed by atoms with Gasteiger partial charge in [-0.2, -0.15) is 0 Å². The molecule has 0 aliphatic rings. The van der Waals surface area contributed by atoms with Gasteiger partial charge >= 0.3 is 0 Å². The Morgan fingerprint density at radius 3 is 2.55 bits per heavy atom. The third kappa shape index (κ3) is 3.75. The Morgan fingerprint density at radius 2 is 1.86 bits per heavy atom. The number of aryl methyl sites for hydroxylation is 1. The van der Waals surface area contributed by atoms with Crippen molar-refractivity contribution < 1.29 is 9.59 Å². The summed E-state index contributed by atoms with van der Waals surface area (Å²) in [5, 5.41) is 4.52. The first-order valence-corrected chi connectivity index (χ1v) is 9.12. The van der Waals surface area contributed by atoms with E-state index in [4.69, 9.17) is 0 Å². The Bertz CT molecular complexity index is 1210. The molecule has 7 heteroatoms. The molecule has 1 amide bonds. The number of hydrogen-bond donors (Lipinski definition) is 1. The standard InChI is InChI=1S/C22H19N5O2/c1-23-22(29)19-6-5-16(11-26-19)21(28)9-18-8-17-7-14(3-4-15(17)10-25-18)20-12-24-13-27(20)2/h3-8,10-13H,9H2,1-2H3,(H,23,29). The van der Waals surface area contributed by atoms with Gasteiger partial charge in [0.2, 0.25) is 0 Å². The number of pyridine rings is 2. The van der Waals surface area contributed by atoms with Crippen molar-refractivity contribution in [3.8, 4) is 11.3 Å². The summed E-state index contributed by atoms with van der Waals surface area (Å²) in [7, 11) is 3.49. The minimum Gasteiger partial charge on any atom is -0.354 e. The first kappa shape index (κ1) is 18.5. The second kappa shape index (κ2) is 7.63. The van der Waals surface area contributed by atoms with Gasteiger partial charge in [0, 0.05) is 48.7 Å². The van der Waals surface area contributed by atoms with Gasteiger partial charge in [-0.1, -0.05) is 12.1 Å². The van der Waals surface area contributed by atoms with Crippen LogP contribution in [0.2, 0.25) is 0 Å². The molecule has 7 nitrogen and oxygen atoms in total. The molecule has 0 aliphatic heterocycles. The minimum atomic E-state index is -0.288. The van der Waals surface area contributed by atoms with Crippen LogP contribution in [0.15, 0.2) is 61.3 Å². The van der Waals surface area contributed by atoms with Crippen molar-refractivity contribution in [2.24, 2.45) is 7.05 Å². The number of imidazole rings is 1. The lowest BCUT2D eigenvalue weighted by atomic mass is 10.0. The van der Waals surface area contributed by atoms with Crippen molar-refractivity contribution >= 4 is 22.5 Å². The fourth-order valence-electron chi connectivity index (χ4n) is 3.17. The summed E-state index contributed by atoms with van der Waals surface area (Å²) < 4.78 is 1.96. The quantitative estimate of drug-likeness (QED) is 0.534. The van der Waals surface area contributed by atoms with Crippen molar-refractivity contribution in [1.29, 1.82) is 0 Å². The van der Waals surface area contributed by atoms with E-state index in [1.54, 1.807) is 24.7 Å². The van der Waals surface area contributed by atoms with Gasteiger partial charge in [-0.15, -0.1) is 0 Å². The van der Waals surface area contributed by atoms with Crippen LogP contribution in [0.1, 0.15) is 26.5 Å². The molecule has 0 saturated heterocycles. The monoisotopic (exact) mass is 385 g/mol. The molecule has 0 bridgehead atoms. The van der Waals surface area contributed by atoms with Crippen molar-refractivity contribution in [2.45, 2.75) is 6.42 Å². The number of aromatic nitrogens is 4. The van der Waals surface area contributed by atoms with E-state index in [0.717, 1.165) is 22.0 Å². The van der Waals surface area contributed by atoms with Crippen LogP contribution in [0.4, 0.5) is 0 Å². The van der Waals surface area contributed by atoms with Crippen LogP contribution in [0.5, 0.6) is 0 Å². The third-order valence-corrected chi connectivity index (χ3v) is 4.78. The Morgan fingerprint density at radius 1 is 1.00 bits per heavy atom. The summed E-state index contributed by atoms with van der Waals surface area (Å²) in [5.74, 6) is -0.389. The fraction of sp³-hybridized carbons (Fsp3) is 0.136. The van der Waals surface area contributed by atoms with Crippen LogP contribution in [0, 0.1) is 0 Å². The molecule has 4 rings (SSSR count). The normalized spacial score (nSPS) is 10.8. The van der Waals surface area contributed by atoms with E-state index < -0.39 is 0 Å². The van der Waals surface area contributed by atoms with E-state index in [1.165, 1.54) is 13.2 Å². The predicted molar refractivity (Wildman–Crippen MR) is 110 cm³/mol. The number of rotatable bonds is 5. The molecule has 0 aliphatic carbocycles. The second-order valence-electron chi connectivity index (χ2n) is 6.74. The first-order valence-electron chi connectivity index (χ1n) is 9.12. The number of benzene rings is 1. The largest absolute Gasteiger partial charge is 0.354 e. The summed E-state index contributed by atoms with van der Waals surface area (Å²) in [4.78, 5) is 36.8. The Kier molecular flexibility index (Phi) is 4.87. The number of carbonyl (C=O) groups excluding carboxylic acids is 2. The highest BCUT2D eigenvalue weighted by atomic mass is 16.1. The maximum atomic E-state index is 12.6. The molecule has 3 heterocycles. The molecule has 0 saturated carbocycles. The van der Waals surface area contributed by atoms with Gasteiger partial charge in [0.25, 0.3) is 5.91 Å². The van der Waals surface area contributed by atoms with E-state index in [2.05, 4.69) is 26.3 Å². The molecule has 3 aromatic heterocycles. The molecule has 0 atom stereocenters. The van der Waals surface area contributed by atoms with Crippen LogP contribution in [0.3, 0.4) is 0 Å². The zero-order chi connectivity index (χ0) is 20.4. The number of ketones is 1. The second-order valence-corrected chi connectivity index (χ2v) is 6.74. The summed E-state index contributed by atoms with van der Waals surface area (Å²) in [6.07, 6.45) is 6.95. The highest BCUT2D eigenvalue weighted by molar-refractivity contribution is 5.98. The Balaban J connectivity index is 1.58. The molecule has 0 radical (unpaired) electrons. The van der Waals surface area contributed by atoms with E-state index >= 15 is 0 Å². The summed E-state index contributed by atoms with van der Waals surface area (Å²) in [6.45, 7) is 0. The van der Waals surface area contributed by atoms with E-state index in [1.807, 2.05) is 36.0 Å². The predicted octanol–water partition coefficient (Wildman–Crippen LogP) is 2.82. The van der Waals surface area contributed by atoms with E-state index in [-0.39, 0.29) is 23.8 Å². The number of nitrogens with zero attached hydrogens (tertiary/aromatic N) is 4. The Hall–Kier alpha value is -3.87. The molecular weight excluding hydrogens is 366 g/mol. The van der Waals surface area contributed by atoms with Crippen molar-refractivity contribution in [3.05, 3.63) is 78.3 Å². The van der Waals surface area contributed by atoms with Crippen LogP contribution >= 0.6 is 0 Å². The molecule has 1 aromatic carbocycles. The molecule has 0 fully saturated rings. The average molecular weight is 385 g/mol. The smallest absolute Gasteiger partial charge is 0.269 e. The lowest BCUT2D eigenvalue weighted by Gasteiger charge is -2.07. The van der Waals surface area contributed by atoms with Gasteiger partial charge < -0.3 is 9.88 Å². The molecular formula is C22H19N5O2. The zero-order valence-corrected chi connectivity index (χ0v) is 16.1. The number of amides is 1. The highest BCUT2D eigenvalue weighted by Crippen LogP contribution is 2.24. The lowest BCUT2D eigenvalue weighted by Crippen LogP contribution is -2.19. The number of nitrogens with one attached hydrogen (secondary N) is 1. The molecule has 1 N–H and O–H groups in total. The number of hydrogen-bond acceptors (Lipinski definition) is 5. The molecule has 0 unspecified atom stereocenters. The van der Waals surface area contributed by atoms with Crippen LogP contribution in [-0.2, 0) is 13.5 Å². The number of fused-ring (bicyclic) bond motifs is 1. The van der Waals surface area contributed by atoms with E-state index in [9.17, 15) is 9.59 Å². The topological polar surface area (TPSA) is 89.8 Å². The summed E-state index contributed by atoms with van der Waals surface area (Å²) in [6, 6.07) is 11.2. The van der Waals surface area contributed by atoms with Gasteiger partial charge in [-0.25, -0.2) is 4.98 Å². The van der Waals surface area contributed by atoms with Crippen LogP contribution in [-0.4, -0.2) is 38.3 Å². The minimum absolute atomic E-state index is 0.101. The van der Waals surface area contributed by atoms with Gasteiger partial charge in [0.15, 0.2) is 5.78 Å². The zero-order valence-electron chi connectivity index (χ0n) is 16.1. The number of carbonyl (C=O) groups is 2. The Labute approximate surface area is 167 Å². The SMILES string of the molecule is CNC(=O)c1ccc(C(=O)Cc2cc3cc(-c4cncn4C)ccc3cn2)cn1. The van der Waals surface area contributed by atoms with Crippen LogP contribution in [0.25, 0.3) is 22.0 Å². The van der Waals surface area contributed by atoms with Gasteiger partial charge in [-0.05, 0) is 29.7 Å². The molecule has 29 heavy (non-hydrogen) atoms. The van der Waals surface area contributed by atoms with Gasteiger partial charge in [0.05, 0.1) is 24.6 Å². The van der Waals surface area contributed by atoms with E-state index in [0.29, 0.717) is 11.3 Å². The van der Waals surface area contributed by atoms with Crippen molar-refractivity contribution in [1.82, 2.24) is 24.8 Å². The van der Waals surface area contributed by atoms with Crippen molar-refractivity contribution in [3.63, 3.8) is 0 Å². The molecule has 0 spiro atoms. The van der Waals surface area contributed by atoms with Crippen molar-refractivity contribution in [2.75, 3.05) is 7.05 Å². The van der Waals surface area contributed by atoms with Gasteiger partial charge in [-0.3, -0.25) is 19.6 Å². The molecule has 4 aromatic rings. The first-order chi connectivity index (χ1) is 14.0. The highest BCUT2D eigenvalue weighted by Gasteiger charge is 2.12. The summed E-state index contributed by atoms with van der Waals surface area (Å²) in [5.41, 5.74) is 3.47. The fourth-order valence-corrected chi connectivity index (χ4v) is 3.17. The molecule has 144 valence electrons. The average Bonchev–Trinajstić information content (AvgIpc) is 3.18. The van der Waals surface area contributed by atoms with Gasteiger partial charge in [0.1, 0.15) is 5.69 Å².